The maximum absolute atomic E-state index is 11.4. The molecule has 0 atom stereocenters. The van der Waals surface area contributed by atoms with Crippen LogP contribution in [0.25, 0.3) is 10.2 Å². The van der Waals surface area contributed by atoms with Crippen LogP contribution in [-0.4, -0.2) is 15.1 Å². The molecule has 0 aliphatic carbocycles. The fraction of sp³-hybridized carbons (Fsp3) is 0.0714. The van der Waals surface area contributed by atoms with Gasteiger partial charge in [-0.1, -0.05) is 6.07 Å². The summed E-state index contributed by atoms with van der Waals surface area (Å²) in [6.45, 7) is 0. The molecule has 104 valence electrons. The third kappa shape index (κ3) is 2.63. The number of pyridine rings is 2. The minimum atomic E-state index is -0.418. The Kier molecular flexibility index (Phi) is 3.64. The minimum Gasteiger partial charge on any atom is -0.506 e. The Morgan fingerprint density at radius 2 is 2.38 bits per heavy atom. The number of aromatic nitrogens is 2. The molecule has 0 aliphatic rings. The Labute approximate surface area is 127 Å². The molecule has 7 heteroatoms. The summed E-state index contributed by atoms with van der Waals surface area (Å²) in [5.41, 5.74) is 1.43. The van der Waals surface area contributed by atoms with Gasteiger partial charge in [0.2, 0.25) is 0 Å². The number of aromatic amines is 1. The lowest BCUT2D eigenvalue weighted by Gasteiger charge is -1.98. The van der Waals surface area contributed by atoms with E-state index in [2.05, 4.69) is 16.0 Å². The Morgan fingerprint density at radius 3 is 3.10 bits per heavy atom. The highest BCUT2D eigenvalue weighted by molar-refractivity contribution is 8.00. The second-order valence-electron chi connectivity index (χ2n) is 4.25. The van der Waals surface area contributed by atoms with Crippen molar-refractivity contribution in [2.75, 3.05) is 0 Å². The fourth-order valence-electron chi connectivity index (χ4n) is 1.89. The van der Waals surface area contributed by atoms with Crippen molar-refractivity contribution >= 4 is 33.3 Å². The molecule has 0 aliphatic heterocycles. The maximum Gasteiger partial charge on any atom is 0.252 e. The number of thiophene rings is 1. The third-order valence-electron chi connectivity index (χ3n) is 2.83. The van der Waals surface area contributed by atoms with Gasteiger partial charge in [0.1, 0.15) is 17.4 Å². The van der Waals surface area contributed by atoms with Crippen LogP contribution in [0.15, 0.2) is 39.6 Å². The van der Waals surface area contributed by atoms with Gasteiger partial charge in [0.05, 0.1) is 14.4 Å². The quantitative estimate of drug-likeness (QED) is 0.725. The van der Waals surface area contributed by atoms with E-state index in [1.165, 1.54) is 23.1 Å². The smallest absolute Gasteiger partial charge is 0.252 e. The molecule has 3 aromatic heterocycles. The zero-order valence-electron chi connectivity index (χ0n) is 10.7. The zero-order valence-corrected chi connectivity index (χ0v) is 12.3. The van der Waals surface area contributed by atoms with Crippen LogP contribution in [0.1, 0.15) is 11.1 Å². The van der Waals surface area contributed by atoms with Crippen LogP contribution in [0, 0.1) is 11.3 Å². The molecule has 0 aromatic carbocycles. The van der Waals surface area contributed by atoms with Gasteiger partial charge in [0, 0.05) is 24.2 Å². The van der Waals surface area contributed by atoms with E-state index in [-0.39, 0.29) is 5.75 Å². The van der Waals surface area contributed by atoms with Crippen molar-refractivity contribution in [3.8, 4) is 11.8 Å². The van der Waals surface area contributed by atoms with Crippen molar-refractivity contribution in [3.05, 3.63) is 52.1 Å². The second-order valence-corrected chi connectivity index (χ2v) is 6.51. The van der Waals surface area contributed by atoms with Crippen molar-refractivity contribution in [2.45, 2.75) is 9.96 Å². The average molecular weight is 315 g/mol. The molecule has 5 nitrogen and oxygen atoms in total. The van der Waals surface area contributed by atoms with Gasteiger partial charge in [-0.25, -0.2) is 0 Å². The number of fused-ring (bicyclic) bond motifs is 1. The van der Waals surface area contributed by atoms with Crippen LogP contribution in [0.5, 0.6) is 5.75 Å². The first kappa shape index (κ1) is 13.7. The molecule has 0 radical (unpaired) electrons. The van der Waals surface area contributed by atoms with Crippen molar-refractivity contribution in [2.24, 2.45) is 0 Å². The second kappa shape index (κ2) is 5.60. The molecule has 0 unspecified atom stereocenters. The predicted molar refractivity (Wildman–Crippen MR) is 82.6 cm³/mol. The van der Waals surface area contributed by atoms with Crippen molar-refractivity contribution in [1.29, 1.82) is 5.26 Å². The van der Waals surface area contributed by atoms with E-state index in [1.54, 1.807) is 12.4 Å². The van der Waals surface area contributed by atoms with E-state index in [0.29, 0.717) is 21.5 Å². The van der Waals surface area contributed by atoms with E-state index in [9.17, 15) is 15.2 Å². The van der Waals surface area contributed by atoms with E-state index >= 15 is 0 Å². The van der Waals surface area contributed by atoms with Gasteiger partial charge in [0.15, 0.2) is 0 Å². The normalized spacial score (nSPS) is 10.6. The van der Waals surface area contributed by atoms with E-state index in [1.807, 2.05) is 12.1 Å². The van der Waals surface area contributed by atoms with Crippen molar-refractivity contribution < 1.29 is 5.11 Å². The Balaban J connectivity index is 2.01. The van der Waals surface area contributed by atoms with E-state index in [4.69, 9.17) is 0 Å². The van der Waals surface area contributed by atoms with Crippen LogP contribution in [0.2, 0.25) is 0 Å². The summed E-state index contributed by atoms with van der Waals surface area (Å²) in [7, 11) is 0. The van der Waals surface area contributed by atoms with E-state index < -0.39 is 5.56 Å². The van der Waals surface area contributed by atoms with Crippen LogP contribution in [-0.2, 0) is 5.75 Å². The summed E-state index contributed by atoms with van der Waals surface area (Å²) >= 11 is 2.79. The topological polar surface area (TPSA) is 89.8 Å². The summed E-state index contributed by atoms with van der Waals surface area (Å²) in [5.74, 6) is 0.573. The third-order valence-corrected chi connectivity index (χ3v) is 5.38. The van der Waals surface area contributed by atoms with Gasteiger partial charge in [0.25, 0.3) is 5.56 Å². The standard InChI is InChI=1S/C14H9N3O2S2/c15-5-9-12-13(10(18)4-11(19)17-12)21-14(9)20-7-8-2-1-3-16-6-8/h1-4,6H,7H2,(H2,17,18,19). The van der Waals surface area contributed by atoms with Gasteiger partial charge >= 0.3 is 0 Å². The molecule has 0 bridgehead atoms. The highest BCUT2D eigenvalue weighted by Crippen LogP contribution is 2.40. The maximum atomic E-state index is 11.4. The molecule has 0 saturated heterocycles. The lowest BCUT2D eigenvalue weighted by molar-refractivity contribution is 0.481. The molecular formula is C14H9N3O2S2. The fourth-order valence-corrected chi connectivity index (χ4v) is 4.17. The Bertz CT molecular complexity index is 894. The van der Waals surface area contributed by atoms with Gasteiger partial charge in [-0.3, -0.25) is 9.78 Å². The Morgan fingerprint density at radius 1 is 1.52 bits per heavy atom. The number of nitrogens with one attached hydrogen (secondary N) is 1. The molecule has 0 fully saturated rings. The minimum absolute atomic E-state index is 0.0940. The zero-order chi connectivity index (χ0) is 14.8. The molecule has 2 N–H and O–H groups in total. The van der Waals surface area contributed by atoms with Gasteiger partial charge in [-0.2, -0.15) is 5.26 Å². The largest absolute Gasteiger partial charge is 0.506 e. The van der Waals surface area contributed by atoms with Gasteiger partial charge < -0.3 is 10.1 Å². The number of rotatable bonds is 3. The molecule has 0 spiro atoms. The first-order valence-electron chi connectivity index (χ1n) is 5.99. The molecule has 0 amide bonds. The summed E-state index contributed by atoms with van der Waals surface area (Å²) < 4.78 is 1.30. The van der Waals surface area contributed by atoms with Gasteiger partial charge in [-0.05, 0) is 11.6 Å². The molecule has 0 saturated carbocycles. The molecule has 3 aromatic rings. The number of H-pyrrole nitrogens is 1. The van der Waals surface area contributed by atoms with Gasteiger partial charge in [-0.15, -0.1) is 23.1 Å². The Hall–Kier alpha value is -2.30. The monoisotopic (exact) mass is 315 g/mol. The summed E-state index contributed by atoms with van der Waals surface area (Å²) in [6, 6.07) is 7.04. The van der Waals surface area contributed by atoms with Crippen molar-refractivity contribution in [3.63, 3.8) is 0 Å². The predicted octanol–water partition coefficient (Wildman–Crippen LogP) is 2.85. The number of thioether (sulfide) groups is 1. The summed E-state index contributed by atoms with van der Waals surface area (Å²) in [4.78, 5) is 18.1. The molecule has 3 heterocycles. The molecule has 3 rings (SSSR count). The number of hydrogen-bond donors (Lipinski definition) is 2. The number of aromatic hydroxyl groups is 1. The lowest BCUT2D eigenvalue weighted by Crippen LogP contribution is -2.02. The number of nitrogens with zero attached hydrogens (tertiary/aromatic N) is 2. The first-order valence-corrected chi connectivity index (χ1v) is 7.80. The summed E-state index contributed by atoms with van der Waals surface area (Å²) in [5, 5.41) is 19.1. The van der Waals surface area contributed by atoms with Crippen LogP contribution in [0.3, 0.4) is 0 Å². The van der Waals surface area contributed by atoms with E-state index in [0.717, 1.165) is 15.8 Å². The lowest BCUT2D eigenvalue weighted by atomic mass is 10.3. The summed E-state index contributed by atoms with van der Waals surface area (Å²) in [6.07, 6.45) is 3.48. The first-order chi connectivity index (χ1) is 10.2. The highest BCUT2D eigenvalue weighted by atomic mass is 32.2. The van der Waals surface area contributed by atoms with Crippen molar-refractivity contribution in [1.82, 2.24) is 9.97 Å². The van der Waals surface area contributed by atoms with Crippen LogP contribution in [0.4, 0.5) is 0 Å². The molecule has 21 heavy (non-hydrogen) atoms. The van der Waals surface area contributed by atoms with Crippen LogP contribution >= 0.6 is 23.1 Å². The SMILES string of the molecule is N#Cc1c(SCc2cccnc2)sc2c(O)cc(=O)[nH]c12. The highest BCUT2D eigenvalue weighted by Gasteiger charge is 2.16. The number of hydrogen-bond acceptors (Lipinski definition) is 6. The average Bonchev–Trinajstić information content (AvgIpc) is 2.84. The molecular weight excluding hydrogens is 306 g/mol. The van der Waals surface area contributed by atoms with Crippen LogP contribution < -0.4 is 5.56 Å². The number of nitriles is 1.